The number of amides is 1. The minimum Gasteiger partial charge on any atom is -0.467 e. The summed E-state index contributed by atoms with van der Waals surface area (Å²) < 4.78 is 5.39. The Morgan fingerprint density at radius 3 is 2.70 bits per heavy atom. The number of carbonyl (C=O) groups excluding carboxylic acids is 1. The molecule has 3 nitrogen and oxygen atoms in total. The summed E-state index contributed by atoms with van der Waals surface area (Å²) in [6.45, 7) is 1.01. The Hall–Kier alpha value is -2.04. The standard InChI is InChI=1S/C18H16ClNO2S/c19-17-6-2-1-4-15(17)10-18(21)20(11-14-7-9-23-13-14)12-16-5-3-8-22-16/h1-9,13H,10-12H2. The molecule has 0 atom stereocenters. The first-order chi connectivity index (χ1) is 11.2. The van der Waals surface area contributed by atoms with Crippen molar-refractivity contribution < 1.29 is 9.21 Å². The van der Waals surface area contributed by atoms with E-state index in [1.54, 1.807) is 28.6 Å². The second-order valence-electron chi connectivity index (χ2n) is 5.23. The predicted octanol–water partition coefficient (Wildman–Crippen LogP) is 4.77. The summed E-state index contributed by atoms with van der Waals surface area (Å²) in [5, 5.41) is 4.69. The van der Waals surface area contributed by atoms with Crippen molar-refractivity contribution in [3.8, 4) is 0 Å². The van der Waals surface area contributed by atoms with Crippen LogP contribution >= 0.6 is 22.9 Å². The zero-order valence-electron chi connectivity index (χ0n) is 12.4. The monoisotopic (exact) mass is 345 g/mol. The summed E-state index contributed by atoms with van der Waals surface area (Å²) in [6, 6.07) is 13.2. The minimum absolute atomic E-state index is 0.0284. The van der Waals surface area contributed by atoms with Crippen LogP contribution in [0.1, 0.15) is 16.9 Å². The number of nitrogens with zero attached hydrogens (tertiary/aromatic N) is 1. The molecule has 0 bridgehead atoms. The molecule has 0 aliphatic carbocycles. The van der Waals surface area contributed by atoms with Crippen LogP contribution in [0.5, 0.6) is 0 Å². The average molecular weight is 346 g/mol. The molecule has 0 N–H and O–H groups in total. The van der Waals surface area contributed by atoms with Gasteiger partial charge in [0.25, 0.3) is 0 Å². The number of carbonyl (C=O) groups is 1. The Balaban J connectivity index is 1.76. The van der Waals surface area contributed by atoms with Crippen molar-refractivity contribution in [1.82, 2.24) is 4.90 Å². The molecule has 23 heavy (non-hydrogen) atoms. The third-order valence-electron chi connectivity index (χ3n) is 3.53. The maximum atomic E-state index is 12.7. The number of thiophene rings is 1. The van der Waals surface area contributed by atoms with Gasteiger partial charge < -0.3 is 9.32 Å². The van der Waals surface area contributed by atoms with E-state index in [-0.39, 0.29) is 12.3 Å². The first-order valence-electron chi connectivity index (χ1n) is 7.27. The Labute approximate surface area is 144 Å². The zero-order chi connectivity index (χ0) is 16.1. The van der Waals surface area contributed by atoms with Crippen molar-refractivity contribution in [2.45, 2.75) is 19.5 Å². The number of benzene rings is 1. The quantitative estimate of drug-likeness (QED) is 0.645. The van der Waals surface area contributed by atoms with E-state index in [1.807, 2.05) is 41.8 Å². The van der Waals surface area contributed by atoms with Crippen LogP contribution in [0.15, 0.2) is 63.9 Å². The van der Waals surface area contributed by atoms with Gasteiger partial charge in [0.1, 0.15) is 5.76 Å². The number of rotatable bonds is 6. The molecule has 0 aliphatic rings. The maximum Gasteiger partial charge on any atom is 0.227 e. The molecule has 0 aliphatic heterocycles. The van der Waals surface area contributed by atoms with Gasteiger partial charge in [-0.15, -0.1) is 0 Å². The highest BCUT2D eigenvalue weighted by Gasteiger charge is 2.17. The molecular formula is C18H16ClNO2S. The van der Waals surface area contributed by atoms with E-state index in [9.17, 15) is 4.79 Å². The third kappa shape index (κ3) is 4.24. The van der Waals surface area contributed by atoms with E-state index in [4.69, 9.17) is 16.0 Å². The molecule has 5 heteroatoms. The summed E-state index contributed by atoms with van der Waals surface area (Å²) in [6.07, 6.45) is 1.90. The van der Waals surface area contributed by atoms with E-state index in [0.29, 0.717) is 18.1 Å². The van der Waals surface area contributed by atoms with Crippen LogP contribution in [0.4, 0.5) is 0 Å². The molecule has 2 aromatic heterocycles. The van der Waals surface area contributed by atoms with Gasteiger partial charge in [-0.3, -0.25) is 4.79 Å². The number of halogens is 1. The average Bonchev–Trinajstić information content (AvgIpc) is 3.22. The topological polar surface area (TPSA) is 33.5 Å². The molecular weight excluding hydrogens is 330 g/mol. The van der Waals surface area contributed by atoms with Crippen molar-refractivity contribution in [3.05, 3.63) is 81.4 Å². The van der Waals surface area contributed by atoms with Crippen LogP contribution in [0.2, 0.25) is 5.02 Å². The molecule has 0 saturated heterocycles. The molecule has 1 amide bonds. The lowest BCUT2D eigenvalue weighted by Gasteiger charge is -2.21. The Bertz CT molecular complexity index is 717. The van der Waals surface area contributed by atoms with Crippen LogP contribution in [0.3, 0.4) is 0 Å². The van der Waals surface area contributed by atoms with Gasteiger partial charge in [0.05, 0.1) is 19.2 Å². The van der Waals surface area contributed by atoms with E-state index >= 15 is 0 Å². The highest BCUT2D eigenvalue weighted by molar-refractivity contribution is 7.07. The lowest BCUT2D eigenvalue weighted by atomic mass is 10.1. The molecule has 3 aromatic rings. The van der Waals surface area contributed by atoms with Crippen LogP contribution in [0.25, 0.3) is 0 Å². The van der Waals surface area contributed by atoms with Crippen molar-refractivity contribution in [3.63, 3.8) is 0 Å². The molecule has 2 heterocycles. The normalized spacial score (nSPS) is 10.7. The largest absolute Gasteiger partial charge is 0.467 e. The van der Waals surface area contributed by atoms with Crippen LogP contribution in [-0.4, -0.2) is 10.8 Å². The van der Waals surface area contributed by atoms with Gasteiger partial charge in [-0.2, -0.15) is 11.3 Å². The molecule has 0 saturated carbocycles. The first kappa shape index (κ1) is 15.8. The summed E-state index contributed by atoms with van der Waals surface area (Å²) in [5.41, 5.74) is 1.96. The maximum absolute atomic E-state index is 12.7. The molecule has 118 valence electrons. The van der Waals surface area contributed by atoms with Crippen LogP contribution in [-0.2, 0) is 24.3 Å². The van der Waals surface area contributed by atoms with E-state index in [2.05, 4.69) is 5.38 Å². The van der Waals surface area contributed by atoms with Gasteiger partial charge in [-0.25, -0.2) is 0 Å². The predicted molar refractivity (Wildman–Crippen MR) is 92.4 cm³/mol. The van der Waals surface area contributed by atoms with Crippen molar-refractivity contribution in [1.29, 1.82) is 0 Å². The summed E-state index contributed by atoms with van der Waals surface area (Å²) in [5.74, 6) is 0.799. The first-order valence-corrected chi connectivity index (χ1v) is 8.59. The van der Waals surface area contributed by atoms with Gasteiger partial charge in [0.15, 0.2) is 0 Å². The summed E-state index contributed by atoms with van der Waals surface area (Å²) in [4.78, 5) is 14.5. The second-order valence-corrected chi connectivity index (χ2v) is 6.42. The Morgan fingerprint density at radius 1 is 1.13 bits per heavy atom. The van der Waals surface area contributed by atoms with Crippen LogP contribution < -0.4 is 0 Å². The van der Waals surface area contributed by atoms with Crippen molar-refractivity contribution >= 4 is 28.8 Å². The molecule has 0 unspecified atom stereocenters. The number of furan rings is 1. The van der Waals surface area contributed by atoms with E-state index in [0.717, 1.165) is 16.9 Å². The molecule has 0 fully saturated rings. The van der Waals surface area contributed by atoms with Gasteiger partial charge in [-0.05, 0) is 46.2 Å². The summed E-state index contributed by atoms with van der Waals surface area (Å²) in [7, 11) is 0. The van der Waals surface area contributed by atoms with Gasteiger partial charge >= 0.3 is 0 Å². The Kier molecular flexibility index (Phi) is 5.16. The van der Waals surface area contributed by atoms with Crippen molar-refractivity contribution in [2.24, 2.45) is 0 Å². The number of hydrogen-bond acceptors (Lipinski definition) is 3. The van der Waals surface area contributed by atoms with E-state index in [1.165, 1.54) is 0 Å². The second kappa shape index (κ2) is 7.49. The Morgan fingerprint density at radius 2 is 2.00 bits per heavy atom. The SMILES string of the molecule is O=C(Cc1ccccc1Cl)N(Cc1ccsc1)Cc1ccco1. The van der Waals surface area contributed by atoms with Crippen molar-refractivity contribution in [2.75, 3.05) is 0 Å². The zero-order valence-corrected chi connectivity index (χ0v) is 14.0. The highest BCUT2D eigenvalue weighted by atomic mass is 35.5. The third-order valence-corrected chi connectivity index (χ3v) is 4.63. The van der Waals surface area contributed by atoms with Crippen LogP contribution in [0, 0.1) is 0 Å². The van der Waals surface area contributed by atoms with Gasteiger partial charge in [-0.1, -0.05) is 29.8 Å². The fraction of sp³-hybridized carbons (Fsp3) is 0.167. The highest BCUT2D eigenvalue weighted by Crippen LogP contribution is 2.19. The lowest BCUT2D eigenvalue weighted by Crippen LogP contribution is -2.31. The number of hydrogen-bond donors (Lipinski definition) is 0. The molecule has 3 rings (SSSR count). The summed E-state index contributed by atoms with van der Waals surface area (Å²) >= 11 is 7.80. The molecule has 1 aromatic carbocycles. The fourth-order valence-electron chi connectivity index (χ4n) is 2.34. The molecule has 0 radical (unpaired) electrons. The molecule has 0 spiro atoms. The minimum atomic E-state index is 0.0284. The lowest BCUT2D eigenvalue weighted by molar-refractivity contribution is -0.132. The van der Waals surface area contributed by atoms with E-state index < -0.39 is 0 Å². The van der Waals surface area contributed by atoms with Gasteiger partial charge in [0, 0.05) is 11.6 Å². The smallest absolute Gasteiger partial charge is 0.227 e. The fourth-order valence-corrected chi connectivity index (χ4v) is 3.20. The van der Waals surface area contributed by atoms with Gasteiger partial charge in [0.2, 0.25) is 5.91 Å².